The normalized spacial score (nSPS) is 12.3. The smallest absolute Gasteiger partial charge is 0.243 e. The first-order valence-electron chi connectivity index (χ1n) is 10.6. The van der Waals surface area contributed by atoms with Gasteiger partial charge in [-0.25, -0.2) is 8.42 Å². The van der Waals surface area contributed by atoms with Crippen LogP contribution in [0.25, 0.3) is 0 Å². The average molecular weight is 503 g/mol. The first kappa shape index (κ1) is 25.6. The van der Waals surface area contributed by atoms with Crippen molar-refractivity contribution in [2.24, 2.45) is 0 Å². The molecule has 0 fully saturated rings. The van der Waals surface area contributed by atoms with Crippen molar-refractivity contribution < 1.29 is 22.7 Å². The largest absolute Gasteiger partial charge is 0.497 e. The van der Waals surface area contributed by atoms with Crippen molar-refractivity contribution in [3.8, 4) is 11.5 Å². The third kappa shape index (κ3) is 6.28. The number of ether oxygens (including phenoxy) is 2. The van der Waals surface area contributed by atoms with Crippen molar-refractivity contribution in [3.63, 3.8) is 0 Å². The minimum Gasteiger partial charge on any atom is -0.497 e. The van der Waals surface area contributed by atoms with Crippen LogP contribution < -0.4 is 14.8 Å². The maximum atomic E-state index is 13.5. The maximum absolute atomic E-state index is 13.5. The van der Waals surface area contributed by atoms with Gasteiger partial charge in [-0.3, -0.25) is 4.79 Å². The second-order valence-corrected chi connectivity index (χ2v) is 9.96. The Morgan fingerprint density at radius 2 is 1.68 bits per heavy atom. The molecule has 180 valence electrons. The minimum absolute atomic E-state index is 0.0229. The van der Waals surface area contributed by atoms with Crippen LogP contribution in [-0.2, 0) is 21.4 Å². The van der Waals surface area contributed by atoms with E-state index in [-0.39, 0.29) is 29.0 Å². The summed E-state index contributed by atoms with van der Waals surface area (Å²) in [5.41, 5.74) is 1.62. The van der Waals surface area contributed by atoms with E-state index in [0.29, 0.717) is 11.5 Å². The summed E-state index contributed by atoms with van der Waals surface area (Å²) in [5.74, 6) is 0.643. The third-order valence-electron chi connectivity index (χ3n) is 5.28. The number of methoxy groups -OCH3 is 2. The molecule has 0 bridgehead atoms. The summed E-state index contributed by atoms with van der Waals surface area (Å²) in [6.07, 6.45) is 0. The standard InChI is InChI=1S/C25H27ClN2O5S/c1-18(20-9-11-21(32-2)12-10-20)27-25(29)17-28(16-19-7-5-4-6-8-19)34(30,31)22-13-14-24(33-3)23(26)15-22/h4-15,18H,16-17H2,1-3H3,(H,27,29)/t18-/m1/s1. The zero-order valence-corrected chi connectivity index (χ0v) is 20.8. The highest BCUT2D eigenvalue weighted by molar-refractivity contribution is 7.89. The van der Waals surface area contributed by atoms with E-state index in [9.17, 15) is 13.2 Å². The Bertz CT molecular complexity index is 1220. The summed E-state index contributed by atoms with van der Waals surface area (Å²) in [6, 6.07) is 20.3. The second-order valence-electron chi connectivity index (χ2n) is 7.62. The first-order valence-corrected chi connectivity index (χ1v) is 12.4. The molecule has 3 rings (SSSR count). The predicted octanol–water partition coefficient (Wildman–Crippen LogP) is 4.43. The van der Waals surface area contributed by atoms with Gasteiger partial charge in [0.25, 0.3) is 0 Å². The van der Waals surface area contributed by atoms with Crippen LogP contribution in [0.4, 0.5) is 0 Å². The Morgan fingerprint density at radius 3 is 2.26 bits per heavy atom. The number of benzene rings is 3. The lowest BCUT2D eigenvalue weighted by atomic mass is 10.1. The van der Waals surface area contributed by atoms with Gasteiger partial charge in [-0.1, -0.05) is 54.1 Å². The van der Waals surface area contributed by atoms with E-state index in [1.807, 2.05) is 37.3 Å². The third-order valence-corrected chi connectivity index (χ3v) is 7.36. The highest BCUT2D eigenvalue weighted by atomic mass is 35.5. The fraction of sp³-hybridized carbons (Fsp3) is 0.240. The number of rotatable bonds is 10. The fourth-order valence-corrected chi connectivity index (χ4v) is 5.13. The summed E-state index contributed by atoms with van der Waals surface area (Å²) >= 11 is 6.17. The van der Waals surface area contributed by atoms with Crippen molar-refractivity contribution >= 4 is 27.5 Å². The van der Waals surface area contributed by atoms with Gasteiger partial charge in [0.2, 0.25) is 15.9 Å². The van der Waals surface area contributed by atoms with E-state index in [0.717, 1.165) is 15.4 Å². The number of nitrogens with one attached hydrogen (secondary N) is 1. The molecule has 0 heterocycles. The molecule has 0 unspecified atom stereocenters. The molecule has 0 aliphatic carbocycles. The highest BCUT2D eigenvalue weighted by Crippen LogP contribution is 2.29. The van der Waals surface area contributed by atoms with Crippen LogP contribution in [0.2, 0.25) is 5.02 Å². The molecule has 1 N–H and O–H groups in total. The number of amides is 1. The van der Waals surface area contributed by atoms with Crippen LogP contribution in [0.15, 0.2) is 77.7 Å². The number of hydrogen-bond donors (Lipinski definition) is 1. The molecule has 3 aromatic carbocycles. The number of carbonyl (C=O) groups excluding carboxylic acids is 1. The molecule has 0 aliphatic rings. The number of carbonyl (C=O) groups is 1. The summed E-state index contributed by atoms with van der Waals surface area (Å²) in [4.78, 5) is 12.9. The molecule has 1 amide bonds. The van der Waals surface area contributed by atoms with Gasteiger partial charge in [-0.15, -0.1) is 0 Å². The molecule has 1 atom stereocenters. The molecule has 7 nitrogen and oxygen atoms in total. The van der Waals surface area contributed by atoms with Crippen molar-refractivity contribution in [2.75, 3.05) is 20.8 Å². The zero-order valence-electron chi connectivity index (χ0n) is 19.2. The lowest BCUT2D eigenvalue weighted by Gasteiger charge is -2.23. The molecule has 0 spiro atoms. The van der Waals surface area contributed by atoms with Crippen LogP contribution in [-0.4, -0.2) is 39.4 Å². The predicted molar refractivity (Wildman–Crippen MR) is 132 cm³/mol. The van der Waals surface area contributed by atoms with Gasteiger partial charge in [-0.05, 0) is 48.4 Å². The first-order chi connectivity index (χ1) is 16.2. The number of hydrogen-bond acceptors (Lipinski definition) is 5. The van der Waals surface area contributed by atoms with Crippen LogP contribution in [0, 0.1) is 0 Å². The molecule has 0 saturated carbocycles. The lowest BCUT2D eigenvalue weighted by Crippen LogP contribution is -2.41. The van der Waals surface area contributed by atoms with Crippen LogP contribution in [0.1, 0.15) is 24.1 Å². The summed E-state index contributed by atoms with van der Waals surface area (Å²) < 4.78 is 38.4. The van der Waals surface area contributed by atoms with Gasteiger partial charge in [0, 0.05) is 6.54 Å². The molecular weight excluding hydrogens is 476 g/mol. The quantitative estimate of drug-likeness (QED) is 0.443. The molecule has 0 saturated heterocycles. The summed E-state index contributed by atoms with van der Waals surface area (Å²) in [7, 11) is -1.00. The molecule has 0 aliphatic heterocycles. The Balaban J connectivity index is 1.83. The second kappa shape index (κ2) is 11.4. The molecule has 3 aromatic rings. The van der Waals surface area contributed by atoms with Gasteiger partial charge < -0.3 is 14.8 Å². The van der Waals surface area contributed by atoms with E-state index < -0.39 is 15.9 Å². The Morgan fingerprint density at radius 1 is 1.00 bits per heavy atom. The van der Waals surface area contributed by atoms with Gasteiger partial charge in [0.15, 0.2) is 0 Å². The Kier molecular flexibility index (Phi) is 8.55. The van der Waals surface area contributed by atoms with Crippen molar-refractivity contribution in [1.82, 2.24) is 9.62 Å². The van der Waals surface area contributed by atoms with Crippen molar-refractivity contribution in [3.05, 3.63) is 88.9 Å². The van der Waals surface area contributed by atoms with Crippen LogP contribution in [0.5, 0.6) is 11.5 Å². The number of sulfonamides is 1. The maximum Gasteiger partial charge on any atom is 0.243 e. The minimum atomic E-state index is -4.04. The van der Waals surface area contributed by atoms with E-state index in [1.165, 1.54) is 25.3 Å². The van der Waals surface area contributed by atoms with Crippen molar-refractivity contribution in [1.29, 1.82) is 0 Å². The van der Waals surface area contributed by atoms with Crippen LogP contribution >= 0.6 is 11.6 Å². The topological polar surface area (TPSA) is 84.9 Å². The van der Waals surface area contributed by atoms with Gasteiger partial charge in [-0.2, -0.15) is 4.31 Å². The molecular formula is C25H27ClN2O5S. The fourth-order valence-electron chi connectivity index (χ4n) is 3.39. The summed E-state index contributed by atoms with van der Waals surface area (Å²) in [6.45, 7) is 1.50. The Labute approximate surface area is 205 Å². The Hall–Kier alpha value is -3.07. The van der Waals surface area contributed by atoms with E-state index >= 15 is 0 Å². The number of halogens is 1. The van der Waals surface area contributed by atoms with Crippen LogP contribution in [0.3, 0.4) is 0 Å². The average Bonchev–Trinajstić information content (AvgIpc) is 2.84. The SMILES string of the molecule is COc1ccc([C@@H](C)NC(=O)CN(Cc2ccccc2)S(=O)(=O)c2ccc(OC)c(Cl)c2)cc1. The van der Waals surface area contributed by atoms with E-state index in [1.54, 1.807) is 31.4 Å². The van der Waals surface area contributed by atoms with Crippen molar-refractivity contribution in [2.45, 2.75) is 24.4 Å². The molecule has 0 aromatic heterocycles. The highest BCUT2D eigenvalue weighted by Gasteiger charge is 2.28. The number of nitrogens with zero attached hydrogens (tertiary/aromatic N) is 1. The monoisotopic (exact) mass is 502 g/mol. The van der Waals surface area contributed by atoms with E-state index in [2.05, 4.69) is 5.32 Å². The molecule has 34 heavy (non-hydrogen) atoms. The molecule has 9 heteroatoms. The molecule has 0 radical (unpaired) electrons. The zero-order chi connectivity index (χ0) is 24.7. The van der Waals surface area contributed by atoms with Gasteiger partial charge >= 0.3 is 0 Å². The lowest BCUT2D eigenvalue weighted by molar-refractivity contribution is -0.122. The summed E-state index contributed by atoms with van der Waals surface area (Å²) in [5, 5.41) is 3.04. The van der Waals surface area contributed by atoms with Gasteiger partial charge in [0.1, 0.15) is 11.5 Å². The van der Waals surface area contributed by atoms with Gasteiger partial charge in [0.05, 0.1) is 36.7 Å². The van der Waals surface area contributed by atoms with E-state index in [4.69, 9.17) is 21.1 Å².